The number of aromatic amines is 1. The average Bonchev–Trinajstić information content (AvgIpc) is 2.25. The fraction of sp³-hybridized carbons (Fsp3) is 0.600. The van der Waals surface area contributed by atoms with E-state index in [1.165, 1.54) is 6.33 Å². The van der Waals surface area contributed by atoms with Crippen LogP contribution < -0.4 is 16.6 Å². The van der Waals surface area contributed by atoms with E-state index >= 15 is 0 Å². The van der Waals surface area contributed by atoms with Gasteiger partial charge in [-0.3, -0.25) is 4.79 Å². The number of aromatic nitrogens is 2. The summed E-state index contributed by atoms with van der Waals surface area (Å²) in [5.74, 6) is 0.490. The van der Waals surface area contributed by atoms with Crippen molar-refractivity contribution in [1.82, 2.24) is 14.9 Å². The molecule has 1 unspecified atom stereocenters. The Kier molecular flexibility index (Phi) is 3.09. The molecular weight excluding hydrogens is 206 g/mol. The van der Waals surface area contributed by atoms with Crippen LogP contribution in [0.4, 0.5) is 11.5 Å². The van der Waals surface area contributed by atoms with Crippen molar-refractivity contribution in [2.75, 3.05) is 31.2 Å². The Balaban J connectivity index is 2.08. The molecule has 1 aliphatic rings. The number of nitrogens with zero attached hydrogens (tertiary/aromatic N) is 2. The number of nitrogens with two attached hydrogens (primary N) is 1. The van der Waals surface area contributed by atoms with Crippen molar-refractivity contribution in [3.63, 3.8) is 0 Å². The van der Waals surface area contributed by atoms with E-state index in [1.807, 2.05) is 0 Å². The van der Waals surface area contributed by atoms with Crippen LogP contribution in [0.2, 0.25) is 0 Å². The van der Waals surface area contributed by atoms with Crippen molar-refractivity contribution in [2.24, 2.45) is 0 Å². The lowest BCUT2D eigenvalue weighted by Crippen LogP contribution is -2.40. The van der Waals surface area contributed by atoms with Crippen molar-refractivity contribution in [3.05, 3.63) is 16.7 Å². The average molecular weight is 223 g/mol. The lowest BCUT2D eigenvalue weighted by molar-refractivity contribution is 0.261. The molecule has 1 aromatic heterocycles. The molecule has 0 aromatic carbocycles. The maximum atomic E-state index is 11.3. The van der Waals surface area contributed by atoms with Crippen molar-refractivity contribution in [2.45, 2.75) is 18.9 Å². The molecule has 2 heterocycles. The Morgan fingerprint density at radius 3 is 3.25 bits per heavy atom. The Hall–Kier alpha value is -1.56. The number of hydrogen-bond donors (Lipinski definition) is 3. The normalized spacial score (nSPS) is 21.9. The van der Waals surface area contributed by atoms with Gasteiger partial charge in [0.1, 0.15) is 5.69 Å². The van der Waals surface area contributed by atoms with E-state index in [-0.39, 0.29) is 11.2 Å². The number of likely N-dealkylation sites (N-methyl/N-ethyl adjacent to an activating group) is 1. The van der Waals surface area contributed by atoms with Crippen LogP contribution in [0.1, 0.15) is 12.8 Å². The third kappa shape index (κ3) is 2.33. The molecule has 0 radical (unpaired) electrons. The number of piperidine rings is 1. The van der Waals surface area contributed by atoms with E-state index in [0.717, 1.165) is 25.9 Å². The highest BCUT2D eigenvalue weighted by Gasteiger charge is 2.18. The molecular formula is C10H17N5O. The lowest BCUT2D eigenvalue weighted by Gasteiger charge is -2.30. The van der Waals surface area contributed by atoms with E-state index in [4.69, 9.17) is 5.73 Å². The number of rotatable bonds is 2. The third-order valence-electron chi connectivity index (χ3n) is 2.85. The van der Waals surface area contributed by atoms with E-state index in [1.54, 1.807) is 0 Å². The second kappa shape index (κ2) is 4.52. The quantitative estimate of drug-likeness (QED) is 0.649. The minimum absolute atomic E-state index is 0.163. The fourth-order valence-electron chi connectivity index (χ4n) is 2.00. The highest BCUT2D eigenvalue weighted by atomic mass is 16.1. The summed E-state index contributed by atoms with van der Waals surface area (Å²) < 4.78 is 0. The van der Waals surface area contributed by atoms with Crippen LogP contribution in [0.15, 0.2) is 11.1 Å². The summed E-state index contributed by atoms with van der Waals surface area (Å²) in [7, 11) is 2.09. The lowest BCUT2D eigenvalue weighted by atomic mass is 10.1. The summed E-state index contributed by atoms with van der Waals surface area (Å²) in [5, 5.41) is 3.22. The molecule has 1 aromatic rings. The van der Waals surface area contributed by atoms with Crippen molar-refractivity contribution >= 4 is 11.5 Å². The zero-order valence-electron chi connectivity index (χ0n) is 9.36. The van der Waals surface area contributed by atoms with Gasteiger partial charge in [-0.15, -0.1) is 0 Å². The standard InChI is InChI=1S/C10H17N5O/c1-15-4-2-3-7(5-15)14-9-8(11)10(16)13-6-12-9/h6-7H,2-5,11H2,1H3,(H2,12,13,14,16). The number of nitrogens with one attached hydrogen (secondary N) is 2. The molecule has 0 aliphatic carbocycles. The second-order valence-corrected chi connectivity index (χ2v) is 4.24. The monoisotopic (exact) mass is 223 g/mol. The molecule has 88 valence electrons. The molecule has 6 heteroatoms. The van der Waals surface area contributed by atoms with Gasteiger partial charge in [-0.05, 0) is 26.4 Å². The molecule has 2 rings (SSSR count). The number of nitrogen functional groups attached to an aromatic ring is 1. The van der Waals surface area contributed by atoms with Gasteiger partial charge in [0.15, 0.2) is 5.82 Å². The van der Waals surface area contributed by atoms with Crippen molar-refractivity contribution in [3.8, 4) is 0 Å². The fourth-order valence-corrected chi connectivity index (χ4v) is 2.00. The van der Waals surface area contributed by atoms with Crippen LogP contribution in [0, 0.1) is 0 Å². The van der Waals surface area contributed by atoms with Gasteiger partial charge in [0.2, 0.25) is 0 Å². The molecule has 1 fully saturated rings. The maximum absolute atomic E-state index is 11.3. The topological polar surface area (TPSA) is 87.0 Å². The van der Waals surface area contributed by atoms with Crippen LogP contribution in [0.25, 0.3) is 0 Å². The van der Waals surface area contributed by atoms with Gasteiger partial charge >= 0.3 is 0 Å². The molecule has 0 spiro atoms. The highest BCUT2D eigenvalue weighted by molar-refractivity contribution is 5.59. The van der Waals surface area contributed by atoms with Crippen LogP contribution in [0.5, 0.6) is 0 Å². The number of H-pyrrole nitrogens is 1. The smallest absolute Gasteiger partial charge is 0.276 e. The summed E-state index contributed by atoms with van der Waals surface area (Å²) in [4.78, 5) is 20.0. The van der Waals surface area contributed by atoms with E-state index in [9.17, 15) is 4.79 Å². The Morgan fingerprint density at radius 1 is 1.69 bits per heavy atom. The van der Waals surface area contributed by atoms with Crippen LogP contribution in [0.3, 0.4) is 0 Å². The highest BCUT2D eigenvalue weighted by Crippen LogP contribution is 2.15. The van der Waals surface area contributed by atoms with Crippen LogP contribution in [-0.4, -0.2) is 41.0 Å². The summed E-state index contributed by atoms with van der Waals surface area (Å²) in [5.41, 5.74) is 5.52. The minimum atomic E-state index is -0.290. The Bertz CT molecular complexity index is 416. The predicted octanol–water partition coefficient (Wildman–Crippen LogP) is -0.142. The number of hydrogen-bond acceptors (Lipinski definition) is 5. The predicted molar refractivity (Wildman–Crippen MR) is 63.4 cm³/mol. The maximum Gasteiger partial charge on any atom is 0.276 e. The molecule has 1 atom stereocenters. The zero-order chi connectivity index (χ0) is 11.5. The van der Waals surface area contributed by atoms with E-state index < -0.39 is 0 Å². The molecule has 0 amide bonds. The summed E-state index contributed by atoms with van der Waals surface area (Å²) in [6, 6.07) is 0.315. The molecule has 4 N–H and O–H groups in total. The van der Waals surface area contributed by atoms with Gasteiger partial charge in [-0.1, -0.05) is 0 Å². The van der Waals surface area contributed by atoms with Gasteiger partial charge in [0.05, 0.1) is 6.33 Å². The van der Waals surface area contributed by atoms with Gasteiger partial charge < -0.3 is 20.9 Å². The van der Waals surface area contributed by atoms with Gasteiger partial charge in [-0.2, -0.15) is 0 Å². The zero-order valence-corrected chi connectivity index (χ0v) is 9.36. The SMILES string of the molecule is CN1CCCC(Nc2nc[nH]c(=O)c2N)C1. The molecule has 6 nitrogen and oxygen atoms in total. The van der Waals surface area contributed by atoms with E-state index in [0.29, 0.717) is 11.9 Å². The first kappa shape index (κ1) is 10.9. The molecule has 1 aliphatic heterocycles. The van der Waals surface area contributed by atoms with Gasteiger partial charge in [0.25, 0.3) is 5.56 Å². The van der Waals surface area contributed by atoms with Gasteiger partial charge in [-0.25, -0.2) is 4.98 Å². The molecule has 0 bridgehead atoms. The minimum Gasteiger partial charge on any atom is -0.391 e. The first-order valence-corrected chi connectivity index (χ1v) is 5.45. The molecule has 0 saturated carbocycles. The largest absolute Gasteiger partial charge is 0.391 e. The third-order valence-corrected chi connectivity index (χ3v) is 2.85. The van der Waals surface area contributed by atoms with Gasteiger partial charge in [0, 0.05) is 12.6 Å². The van der Waals surface area contributed by atoms with E-state index in [2.05, 4.69) is 27.2 Å². The second-order valence-electron chi connectivity index (χ2n) is 4.24. The number of anilines is 2. The first-order valence-electron chi connectivity index (χ1n) is 5.45. The summed E-state index contributed by atoms with van der Waals surface area (Å²) in [6.07, 6.45) is 3.60. The first-order chi connectivity index (χ1) is 7.66. The van der Waals surface area contributed by atoms with Crippen LogP contribution in [-0.2, 0) is 0 Å². The summed E-state index contributed by atoms with van der Waals surface area (Å²) >= 11 is 0. The number of likely N-dealkylation sites (tertiary alicyclic amines) is 1. The molecule has 16 heavy (non-hydrogen) atoms. The Labute approximate surface area is 93.9 Å². The van der Waals surface area contributed by atoms with Crippen molar-refractivity contribution < 1.29 is 0 Å². The van der Waals surface area contributed by atoms with Crippen LogP contribution >= 0.6 is 0 Å². The Morgan fingerprint density at radius 2 is 2.50 bits per heavy atom. The summed E-state index contributed by atoms with van der Waals surface area (Å²) in [6.45, 7) is 2.07. The molecule has 1 saturated heterocycles. The van der Waals surface area contributed by atoms with Crippen molar-refractivity contribution in [1.29, 1.82) is 0 Å².